The second-order valence-electron chi connectivity index (χ2n) is 7.84. The summed E-state index contributed by atoms with van der Waals surface area (Å²) in [7, 11) is 0. The first-order chi connectivity index (χ1) is 13.1. The quantitative estimate of drug-likeness (QED) is 0.702. The van der Waals surface area contributed by atoms with Crippen LogP contribution in [-0.2, 0) is 4.79 Å². The lowest BCUT2D eigenvalue weighted by Crippen LogP contribution is -2.43. The van der Waals surface area contributed by atoms with Crippen molar-refractivity contribution in [1.29, 1.82) is 0 Å². The van der Waals surface area contributed by atoms with Gasteiger partial charge in [-0.1, -0.05) is 37.6 Å². The number of alkyl halides is 3. The monoisotopic (exact) mass is 394 g/mol. The van der Waals surface area contributed by atoms with Crippen LogP contribution >= 0.6 is 0 Å². The summed E-state index contributed by atoms with van der Waals surface area (Å²) in [6, 6.07) is 8.25. The Balaban J connectivity index is 2.06. The number of nitrogens with one attached hydrogen (secondary N) is 1. The number of hydrogen-bond donors (Lipinski definition) is 1. The topological polar surface area (TPSA) is 41.6 Å². The molecule has 1 amide bonds. The number of amides is 1. The van der Waals surface area contributed by atoms with Crippen LogP contribution in [-0.4, -0.2) is 30.2 Å². The summed E-state index contributed by atoms with van der Waals surface area (Å²) >= 11 is 0. The van der Waals surface area contributed by atoms with Crippen molar-refractivity contribution in [3.05, 3.63) is 42.0 Å². The highest BCUT2D eigenvalue weighted by molar-refractivity contribution is 5.89. The molecule has 2 aromatic rings. The van der Waals surface area contributed by atoms with Crippen molar-refractivity contribution in [2.75, 3.05) is 13.2 Å². The number of carbonyl (C=O) groups excluding carboxylic acids is 1. The van der Waals surface area contributed by atoms with Gasteiger partial charge in [0.2, 0.25) is 5.91 Å². The van der Waals surface area contributed by atoms with E-state index in [0.717, 1.165) is 23.2 Å². The van der Waals surface area contributed by atoms with Crippen molar-refractivity contribution in [3.8, 4) is 5.75 Å². The van der Waals surface area contributed by atoms with Crippen LogP contribution in [0.4, 0.5) is 13.2 Å². The molecule has 0 aliphatic carbocycles. The van der Waals surface area contributed by atoms with Crippen LogP contribution in [0.25, 0.3) is 10.8 Å². The summed E-state index contributed by atoms with van der Waals surface area (Å²) in [6.45, 7) is 5.70. The van der Waals surface area contributed by atoms with Gasteiger partial charge in [0.25, 0.3) is 0 Å². The molecule has 1 fully saturated rings. The van der Waals surface area contributed by atoms with Crippen LogP contribution < -0.4 is 10.2 Å². The minimum atomic E-state index is -4.56. The van der Waals surface area contributed by atoms with Crippen LogP contribution in [0.5, 0.6) is 5.75 Å². The van der Waals surface area contributed by atoms with E-state index in [4.69, 9.17) is 4.74 Å². The Morgan fingerprint density at radius 1 is 1.25 bits per heavy atom. The third-order valence-electron chi connectivity index (χ3n) is 4.96. The molecule has 1 N–H and O–H groups in total. The second kappa shape index (κ2) is 7.62. The zero-order chi connectivity index (χ0) is 20.5. The molecule has 0 radical (unpaired) electrons. The fraction of sp³-hybridized carbons (Fsp3) is 0.476. The Labute approximate surface area is 162 Å². The lowest BCUT2D eigenvalue weighted by atomic mass is 9.93. The van der Waals surface area contributed by atoms with Gasteiger partial charge in [0, 0.05) is 11.9 Å². The van der Waals surface area contributed by atoms with Gasteiger partial charge in [0.1, 0.15) is 11.8 Å². The van der Waals surface area contributed by atoms with E-state index in [2.05, 4.69) is 5.43 Å². The molecule has 1 saturated heterocycles. The lowest BCUT2D eigenvalue weighted by Gasteiger charge is -2.30. The predicted octanol–water partition coefficient (Wildman–Crippen LogP) is 5.00. The average Bonchev–Trinajstić information content (AvgIpc) is 2.86. The number of fused-ring (bicyclic) bond motifs is 1. The molecule has 7 heteroatoms. The molecule has 0 bridgehead atoms. The predicted molar refractivity (Wildman–Crippen MR) is 102 cm³/mol. The molecule has 3 rings (SSSR count). The highest BCUT2D eigenvalue weighted by Gasteiger charge is 2.51. The van der Waals surface area contributed by atoms with Gasteiger partial charge in [0.15, 0.2) is 0 Å². The van der Waals surface area contributed by atoms with Gasteiger partial charge in [-0.2, -0.15) is 13.2 Å². The van der Waals surface area contributed by atoms with E-state index >= 15 is 0 Å². The molecule has 1 aliphatic heterocycles. The third-order valence-corrected chi connectivity index (χ3v) is 4.96. The third kappa shape index (κ3) is 4.09. The maximum Gasteiger partial charge on any atom is 0.409 e. The molecule has 2 aromatic carbocycles. The van der Waals surface area contributed by atoms with E-state index in [1.807, 2.05) is 19.1 Å². The first-order valence-electron chi connectivity index (χ1n) is 9.43. The highest BCUT2D eigenvalue weighted by atomic mass is 19.4. The maximum absolute atomic E-state index is 14.0. The molecule has 152 valence electrons. The van der Waals surface area contributed by atoms with Crippen LogP contribution in [0.1, 0.15) is 45.2 Å². The lowest BCUT2D eigenvalue weighted by molar-refractivity contribution is -0.191. The Hall–Kier alpha value is -2.28. The van der Waals surface area contributed by atoms with E-state index in [1.54, 1.807) is 26.0 Å². The van der Waals surface area contributed by atoms with Gasteiger partial charge in [-0.15, -0.1) is 0 Å². The fourth-order valence-corrected chi connectivity index (χ4v) is 3.42. The first kappa shape index (κ1) is 20.5. The van der Waals surface area contributed by atoms with Crippen molar-refractivity contribution < 1.29 is 22.7 Å². The largest absolute Gasteiger partial charge is 0.493 e. The number of hydrazine groups is 1. The van der Waals surface area contributed by atoms with E-state index in [1.165, 1.54) is 12.1 Å². The Bertz CT molecular complexity index is 864. The summed E-state index contributed by atoms with van der Waals surface area (Å²) < 4.78 is 47.9. The number of rotatable bonds is 6. The van der Waals surface area contributed by atoms with E-state index in [0.29, 0.717) is 17.7 Å². The van der Waals surface area contributed by atoms with Crippen LogP contribution in [0, 0.1) is 5.41 Å². The average molecular weight is 394 g/mol. The van der Waals surface area contributed by atoms with Gasteiger partial charge in [0.05, 0.1) is 12.0 Å². The van der Waals surface area contributed by atoms with Crippen LogP contribution in [0.15, 0.2) is 36.4 Å². The highest BCUT2D eigenvalue weighted by Crippen LogP contribution is 2.43. The van der Waals surface area contributed by atoms with Crippen LogP contribution in [0.3, 0.4) is 0 Å². The minimum Gasteiger partial charge on any atom is -0.493 e. The SMILES string of the molecule is CCCCOc1cc([C@H](N2CC(C)(C)C(=O)N2)C(F)(F)F)cc2ccccc12. The van der Waals surface area contributed by atoms with Gasteiger partial charge in [-0.05, 0) is 43.4 Å². The van der Waals surface area contributed by atoms with Crippen molar-refractivity contribution in [2.24, 2.45) is 5.41 Å². The number of hydrogen-bond acceptors (Lipinski definition) is 3. The molecule has 4 nitrogen and oxygen atoms in total. The molecular formula is C21H25F3N2O2. The van der Waals surface area contributed by atoms with Crippen molar-refractivity contribution in [3.63, 3.8) is 0 Å². The number of carbonyl (C=O) groups is 1. The first-order valence-corrected chi connectivity index (χ1v) is 9.43. The number of benzene rings is 2. The number of halogens is 3. The number of ether oxygens (including phenoxy) is 1. The molecule has 0 unspecified atom stereocenters. The molecule has 28 heavy (non-hydrogen) atoms. The van der Waals surface area contributed by atoms with Crippen molar-refractivity contribution in [1.82, 2.24) is 10.4 Å². The standard InChI is InChI=1S/C21H25F3N2O2/c1-4-5-10-28-17-12-15(11-14-8-6-7-9-16(14)17)18(21(22,23)24)26-13-20(2,3)19(27)25-26/h6-9,11-12,18H,4-5,10,13H2,1-3H3,(H,25,27)/t18-/m0/s1. The second-order valence-corrected chi connectivity index (χ2v) is 7.84. The van der Waals surface area contributed by atoms with Crippen LogP contribution in [0.2, 0.25) is 0 Å². The summed E-state index contributed by atoms with van der Waals surface area (Å²) in [5, 5.41) is 2.43. The molecule has 1 aliphatic rings. The number of nitrogens with zero attached hydrogens (tertiary/aromatic N) is 1. The smallest absolute Gasteiger partial charge is 0.409 e. The van der Waals surface area contributed by atoms with Gasteiger partial charge in [-0.3, -0.25) is 10.2 Å². The summed E-state index contributed by atoms with van der Waals surface area (Å²) in [4.78, 5) is 12.1. The van der Waals surface area contributed by atoms with E-state index in [9.17, 15) is 18.0 Å². The van der Waals surface area contributed by atoms with E-state index in [-0.39, 0.29) is 12.1 Å². The summed E-state index contributed by atoms with van der Waals surface area (Å²) in [6.07, 6.45) is -2.81. The molecule has 1 heterocycles. The van der Waals surface area contributed by atoms with Gasteiger partial charge in [-0.25, -0.2) is 5.01 Å². The fourth-order valence-electron chi connectivity index (χ4n) is 3.42. The summed E-state index contributed by atoms with van der Waals surface area (Å²) in [5.41, 5.74) is 1.57. The normalized spacial score (nSPS) is 18.3. The Morgan fingerprint density at radius 3 is 2.57 bits per heavy atom. The molecule has 0 spiro atoms. The molecule has 0 saturated carbocycles. The molecule has 0 aromatic heterocycles. The number of unbranched alkanes of at least 4 members (excludes halogenated alkanes) is 1. The minimum absolute atomic E-state index is 0.0329. The van der Waals surface area contributed by atoms with Crippen molar-refractivity contribution >= 4 is 16.7 Å². The molecule has 1 atom stereocenters. The van der Waals surface area contributed by atoms with Gasteiger partial charge >= 0.3 is 6.18 Å². The Kier molecular flexibility index (Phi) is 5.57. The van der Waals surface area contributed by atoms with Crippen molar-refractivity contribution in [2.45, 2.75) is 45.8 Å². The Morgan fingerprint density at radius 2 is 1.96 bits per heavy atom. The zero-order valence-electron chi connectivity index (χ0n) is 16.3. The molecular weight excluding hydrogens is 369 g/mol. The summed E-state index contributed by atoms with van der Waals surface area (Å²) in [5.74, 6) is 0.0162. The van der Waals surface area contributed by atoms with Gasteiger partial charge < -0.3 is 4.74 Å². The zero-order valence-corrected chi connectivity index (χ0v) is 16.3. The maximum atomic E-state index is 14.0. The van der Waals surface area contributed by atoms with E-state index < -0.39 is 23.5 Å².